The highest BCUT2D eigenvalue weighted by molar-refractivity contribution is 7.13. The average Bonchev–Trinajstić information content (AvgIpc) is 3.19. The molecule has 0 aromatic carbocycles. The van der Waals surface area contributed by atoms with E-state index < -0.39 is 6.10 Å². The Balaban J connectivity index is 1.59. The third-order valence-corrected chi connectivity index (χ3v) is 5.54. The van der Waals surface area contributed by atoms with Crippen LogP contribution < -0.4 is 0 Å². The predicted octanol–water partition coefficient (Wildman–Crippen LogP) is 0.554. The van der Waals surface area contributed by atoms with Crippen molar-refractivity contribution in [3.63, 3.8) is 0 Å². The van der Waals surface area contributed by atoms with Gasteiger partial charge in [-0.2, -0.15) is 0 Å². The third-order valence-electron chi connectivity index (χ3n) is 4.57. The standard InChI is InChI=1S/C15H23N3O3S/c19-10-11-3-6-18(8-12(11)20)15(21)13-7-16-14(22-13)9-17-4-1-2-5-17/h7,11-12,19-20H,1-6,8-10H2/t11-,12+/m1/s1. The fraction of sp³-hybridized carbons (Fsp3) is 0.733. The number of carbonyl (C=O) groups excluding carboxylic acids is 1. The van der Waals surface area contributed by atoms with Crippen LogP contribution >= 0.6 is 11.3 Å². The molecule has 0 aliphatic carbocycles. The van der Waals surface area contributed by atoms with Crippen LogP contribution in [0.5, 0.6) is 0 Å². The van der Waals surface area contributed by atoms with Gasteiger partial charge in [-0.3, -0.25) is 9.69 Å². The quantitative estimate of drug-likeness (QED) is 0.846. The highest BCUT2D eigenvalue weighted by Crippen LogP contribution is 2.23. The van der Waals surface area contributed by atoms with Crippen LogP contribution in [-0.4, -0.2) is 69.8 Å². The van der Waals surface area contributed by atoms with Gasteiger partial charge in [0.25, 0.3) is 5.91 Å². The second-order valence-corrected chi connectivity index (χ2v) is 7.27. The number of thiazole rings is 1. The first-order valence-corrected chi connectivity index (χ1v) is 8.74. The van der Waals surface area contributed by atoms with E-state index in [-0.39, 0.29) is 18.4 Å². The van der Waals surface area contributed by atoms with Gasteiger partial charge in [0.15, 0.2) is 0 Å². The largest absolute Gasteiger partial charge is 0.396 e. The van der Waals surface area contributed by atoms with Crippen LogP contribution in [0.3, 0.4) is 0 Å². The molecule has 2 N–H and O–H groups in total. The molecule has 2 aliphatic heterocycles. The molecule has 1 aromatic rings. The number of nitrogens with zero attached hydrogens (tertiary/aromatic N) is 3. The highest BCUT2D eigenvalue weighted by Gasteiger charge is 2.30. The van der Waals surface area contributed by atoms with E-state index in [0.29, 0.717) is 24.4 Å². The van der Waals surface area contributed by atoms with E-state index in [1.165, 1.54) is 24.2 Å². The smallest absolute Gasteiger partial charge is 0.265 e. The highest BCUT2D eigenvalue weighted by atomic mass is 32.1. The molecular weight excluding hydrogens is 302 g/mol. The van der Waals surface area contributed by atoms with Crippen molar-refractivity contribution in [3.8, 4) is 0 Å². The Morgan fingerprint density at radius 3 is 2.82 bits per heavy atom. The number of aliphatic hydroxyl groups is 2. The number of amides is 1. The van der Waals surface area contributed by atoms with Crippen LogP contribution in [0.2, 0.25) is 0 Å². The van der Waals surface area contributed by atoms with Crippen LogP contribution in [0.1, 0.15) is 33.9 Å². The molecule has 22 heavy (non-hydrogen) atoms. The molecule has 122 valence electrons. The summed E-state index contributed by atoms with van der Waals surface area (Å²) in [6, 6.07) is 0. The fourth-order valence-corrected chi connectivity index (χ4v) is 4.08. The SMILES string of the molecule is O=C(c1cnc(CN2CCCC2)s1)N1CC[C@H](CO)[C@@H](O)C1. The molecule has 7 heteroatoms. The summed E-state index contributed by atoms with van der Waals surface area (Å²) in [6.45, 7) is 3.91. The molecule has 0 radical (unpaired) electrons. The van der Waals surface area contributed by atoms with Crippen molar-refractivity contribution in [1.29, 1.82) is 0 Å². The molecule has 1 aromatic heterocycles. The first-order chi connectivity index (χ1) is 10.7. The van der Waals surface area contributed by atoms with Gasteiger partial charge < -0.3 is 15.1 Å². The van der Waals surface area contributed by atoms with Crippen molar-refractivity contribution >= 4 is 17.2 Å². The monoisotopic (exact) mass is 325 g/mol. The zero-order chi connectivity index (χ0) is 15.5. The number of aliphatic hydroxyl groups excluding tert-OH is 2. The molecule has 2 saturated heterocycles. The lowest BCUT2D eigenvalue weighted by molar-refractivity contribution is 0.00105. The topological polar surface area (TPSA) is 76.9 Å². The van der Waals surface area contributed by atoms with Crippen molar-refractivity contribution in [2.45, 2.75) is 31.9 Å². The predicted molar refractivity (Wildman–Crippen MR) is 83.7 cm³/mol. The van der Waals surface area contributed by atoms with E-state index in [1.54, 1.807) is 11.1 Å². The number of hydrogen-bond acceptors (Lipinski definition) is 6. The molecule has 1 amide bonds. The van der Waals surface area contributed by atoms with Crippen LogP contribution in [0.25, 0.3) is 0 Å². The van der Waals surface area contributed by atoms with Crippen molar-refractivity contribution in [2.75, 3.05) is 32.8 Å². The summed E-state index contributed by atoms with van der Waals surface area (Å²) < 4.78 is 0. The van der Waals surface area contributed by atoms with Crippen molar-refractivity contribution in [1.82, 2.24) is 14.8 Å². The maximum absolute atomic E-state index is 12.5. The zero-order valence-electron chi connectivity index (χ0n) is 12.6. The summed E-state index contributed by atoms with van der Waals surface area (Å²) in [5.41, 5.74) is 0. The number of rotatable bonds is 4. The van der Waals surface area contributed by atoms with E-state index in [1.807, 2.05) is 0 Å². The molecule has 0 bridgehead atoms. The van der Waals surface area contributed by atoms with E-state index >= 15 is 0 Å². The number of carbonyl (C=O) groups is 1. The molecule has 0 spiro atoms. The third kappa shape index (κ3) is 3.48. The van der Waals surface area contributed by atoms with Crippen LogP contribution in [0.15, 0.2) is 6.20 Å². The lowest BCUT2D eigenvalue weighted by Crippen LogP contribution is -2.47. The lowest BCUT2D eigenvalue weighted by atomic mass is 9.95. The minimum atomic E-state index is -0.639. The van der Waals surface area contributed by atoms with Gasteiger partial charge in [0.2, 0.25) is 0 Å². The van der Waals surface area contributed by atoms with Gasteiger partial charge in [0.1, 0.15) is 9.88 Å². The Bertz CT molecular complexity index is 516. The van der Waals surface area contributed by atoms with Gasteiger partial charge in [0, 0.05) is 25.6 Å². The first kappa shape index (κ1) is 15.9. The summed E-state index contributed by atoms with van der Waals surface area (Å²) in [7, 11) is 0. The van der Waals surface area contributed by atoms with Gasteiger partial charge in [-0.1, -0.05) is 0 Å². The Kier molecular flexibility index (Phi) is 5.07. The van der Waals surface area contributed by atoms with E-state index in [4.69, 9.17) is 5.11 Å². The first-order valence-electron chi connectivity index (χ1n) is 7.92. The number of β-amino-alcohol motifs (C(OH)–C–C–N with tert-alkyl or cyclic N) is 1. The summed E-state index contributed by atoms with van der Waals surface area (Å²) >= 11 is 1.45. The number of piperidine rings is 1. The summed E-state index contributed by atoms with van der Waals surface area (Å²) in [4.78, 5) is 21.6. The summed E-state index contributed by atoms with van der Waals surface area (Å²) in [5.74, 6) is -0.170. The fourth-order valence-electron chi connectivity index (χ4n) is 3.15. The van der Waals surface area contributed by atoms with Crippen LogP contribution in [-0.2, 0) is 6.54 Å². The minimum absolute atomic E-state index is 0.0241. The number of likely N-dealkylation sites (tertiary alicyclic amines) is 2. The van der Waals surface area contributed by atoms with Crippen LogP contribution in [0.4, 0.5) is 0 Å². The van der Waals surface area contributed by atoms with Crippen LogP contribution in [0, 0.1) is 5.92 Å². The molecule has 0 unspecified atom stereocenters. The summed E-state index contributed by atoms with van der Waals surface area (Å²) in [6.07, 6.45) is 4.15. The van der Waals surface area contributed by atoms with Gasteiger partial charge in [-0.15, -0.1) is 11.3 Å². The molecule has 3 rings (SSSR count). The Morgan fingerprint density at radius 1 is 1.36 bits per heavy atom. The molecule has 0 saturated carbocycles. The Labute approximate surface area is 134 Å². The number of aromatic nitrogens is 1. The van der Waals surface area contributed by atoms with Gasteiger partial charge in [0.05, 0.1) is 18.8 Å². The van der Waals surface area contributed by atoms with Crippen molar-refractivity contribution in [2.24, 2.45) is 5.92 Å². The normalized spacial score (nSPS) is 26.5. The lowest BCUT2D eigenvalue weighted by Gasteiger charge is -2.34. The molecule has 2 atom stereocenters. The maximum atomic E-state index is 12.5. The molecule has 2 aliphatic rings. The number of hydrogen-bond donors (Lipinski definition) is 2. The minimum Gasteiger partial charge on any atom is -0.396 e. The molecule has 3 heterocycles. The molecule has 6 nitrogen and oxygen atoms in total. The van der Waals surface area contributed by atoms with E-state index in [9.17, 15) is 9.90 Å². The second-order valence-electron chi connectivity index (χ2n) is 6.15. The van der Waals surface area contributed by atoms with Crippen molar-refractivity contribution in [3.05, 3.63) is 16.1 Å². The zero-order valence-corrected chi connectivity index (χ0v) is 13.5. The Hall–Kier alpha value is -1.02. The van der Waals surface area contributed by atoms with Gasteiger partial charge >= 0.3 is 0 Å². The Morgan fingerprint density at radius 2 is 2.14 bits per heavy atom. The van der Waals surface area contributed by atoms with Gasteiger partial charge in [-0.25, -0.2) is 4.98 Å². The molecule has 2 fully saturated rings. The second kappa shape index (κ2) is 7.04. The molecular formula is C15H23N3O3S. The maximum Gasteiger partial charge on any atom is 0.265 e. The van der Waals surface area contributed by atoms with E-state index in [2.05, 4.69) is 9.88 Å². The van der Waals surface area contributed by atoms with Gasteiger partial charge in [-0.05, 0) is 32.4 Å². The van der Waals surface area contributed by atoms with Crippen molar-refractivity contribution < 1.29 is 15.0 Å². The average molecular weight is 325 g/mol. The van der Waals surface area contributed by atoms with E-state index in [0.717, 1.165) is 24.6 Å². The summed E-state index contributed by atoms with van der Waals surface area (Å²) in [5, 5.41) is 20.1.